The Morgan fingerprint density at radius 2 is 1.89 bits per heavy atom. The fourth-order valence-electron chi connectivity index (χ4n) is 3.07. The highest BCUT2D eigenvalue weighted by Crippen LogP contribution is 2.17. The fourth-order valence-corrected chi connectivity index (χ4v) is 3.07. The fraction of sp³-hybridized carbons (Fsp3) is 0.136. The molecule has 140 valence electrons. The van der Waals surface area contributed by atoms with Gasteiger partial charge in [0.1, 0.15) is 5.69 Å². The first-order valence-electron chi connectivity index (χ1n) is 9.22. The molecule has 6 heteroatoms. The smallest absolute Gasteiger partial charge is 0.269 e. The molecule has 0 aliphatic heterocycles. The molecule has 3 heterocycles. The number of benzene rings is 1. The van der Waals surface area contributed by atoms with E-state index < -0.39 is 0 Å². The van der Waals surface area contributed by atoms with Gasteiger partial charge in [-0.1, -0.05) is 24.3 Å². The first kappa shape index (κ1) is 17.7. The summed E-state index contributed by atoms with van der Waals surface area (Å²) in [5.41, 5.74) is 4.50. The van der Waals surface area contributed by atoms with Crippen LogP contribution in [-0.2, 0) is 13.0 Å². The van der Waals surface area contributed by atoms with Crippen LogP contribution in [0.25, 0.3) is 10.9 Å². The molecule has 4 aromatic rings. The Bertz CT molecular complexity index is 1060. The average Bonchev–Trinajstić information content (AvgIpc) is 3.16. The van der Waals surface area contributed by atoms with E-state index in [2.05, 4.69) is 31.7 Å². The van der Waals surface area contributed by atoms with Crippen molar-refractivity contribution in [2.24, 2.45) is 0 Å². The van der Waals surface area contributed by atoms with Gasteiger partial charge in [-0.05, 0) is 42.3 Å². The molecule has 0 aliphatic rings. The number of aromatic nitrogens is 3. The van der Waals surface area contributed by atoms with Crippen LogP contribution in [0.5, 0.6) is 0 Å². The Kier molecular flexibility index (Phi) is 5.29. The van der Waals surface area contributed by atoms with Gasteiger partial charge in [0.25, 0.3) is 5.91 Å². The Labute approximate surface area is 163 Å². The maximum atomic E-state index is 12.3. The molecule has 0 spiro atoms. The van der Waals surface area contributed by atoms with Gasteiger partial charge in [0.05, 0.1) is 24.1 Å². The van der Waals surface area contributed by atoms with Crippen molar-refractivity contribution in [1.29, 1.82) is 0 Å². The number of carbonyl (C=O) groups is 1. The van der Waals surface area contributed by atoms with Crippen LogP contribution in [0.2, 0.25) is 0 Å². The maximum absolute atomic E-state index is 12.3. The molecule has 0 saturated carbocycles. The molecule has 0 unspecified atom stereocenters. The molecule has 0 bridgehead atoms. The van der Waals surface area contributed by atoms with E-state index in [4.69, 9.17) is 0 Å². The standard InChI is InChI=1S/C22H21N5O/c28-22(24-12-10-16-13-26-20-7-2-1-6-19(16)20)21-9-8-18(15-27-21)25-14-17-5-3-4-11-23-17/h1-9,11,13,15,25-26H,10,12,14H2,(H,24,28). The third kappa shape index (κ3) is 4.17. The third-order valence-corrected chi connectivity index (χ3v) is 4.55. The summed E-state index contributed by atoms with van der Waals surface area (Å²) in [6.45, 7) is 1.17. The summed E-state index contributed by atoms with van der Waals surface area (Å²) in [6.07, 6.45) is 6.19. The zero-order valence-corrected chi connectivity index (χ0v) is 15.4. The lowest BCUT2D eigenvalue weighted by Crippen LogP contribution is -2.26. The number of pyridine rings is 2. The number of aromatic amines is 1. The van der Waals surface area contributed by atoms with E-state index in [0.717, 1.165) is 23.3 Å². The van der Waals surface area contributed by atoms with E-state index in [-0.39, 0.29) is 5.91 Å². The monoisotopic (exact) mass is 371 g/mol. The molecular formula is C22H21N5O. The van der Waals surface area contributed by atoms with Crippen molar-refractivity contribution in [2.45, 2.75) is 13.0 Å². The summed E-state index contributed by atoms with van der Waals surface area (Å²) < 4.78 is 0. The summed E-state index contributed by atoms with van der Waals surface area (Å²) >= 11 is 0. The van der Waals surface area contributed by atoms with E-state index in [0.29, 0.717) is 18.8 Å². The molecular weight excluding hydrogens is 350 g/mol. The van der Waals surface area contributed by atoms with Crippen molar-refractivity contribution in [3.05, 3.63) is 90.1 Å². The van der Waals surface area contributed by atoms with Crippen molar-refractivity contribution < 1.29 is 4.79 Å². The molecule has 0 atom stereocenters. The van der Waals surface area contributed by atoms with Gasteiger partial charge in [-0.25, -0.2) is 4.98 Å². The minimum absolute atomic E-state index is 0.170. The van der Waals surface area contributed by atoms with Crippen LogP contribution in [-0.4, -0.2) is 27.4 Å². The molecule has 1 aromatic carbocycles. The largest absolute Gasteiger partial charge is 0.378 e. The Balaban J connectivity index is 1.28. The number of carbonyl (C=O) groups excluding carboxylic acids is 1. The SMILES string of the molecule is O=C(NCCc1c[nH]c2ccccc12)c1ccc(NCc2ccccn2)cn1. The summed E-state index contributed by atoms with van der Waals surface area (Å²) in [5, 5.41) is 7.37. The molecule has 3 N–H and O–H groups in total. The zero-order valence-electron chi connectivity index (χ0n) is 15.4. The number of fused-ring (bicyclic) bond motifs is 1. The van der Waals surface area contributed by atoms with Crippen LogP contribution in [0.4, 0.5) is 5.69 Å². The first-order valence-corrected chi connectivity index (χ1v) is 9.22. The van der Waals surface area contributed by atoms with Crippen LogP contribution in [0, 0.1) is 0 Å². The highest BCUT2D eigenvalue weighted by molar-refractivity contribution is 5.92. The van der Waals surface area contributed by atoms with Crippen LogP contribution in [0.1, 0.15) is 21.7 Å². The minimum atomic E-state index is -0.170. The lowest BCUT2D eigenvalue weighted by atomic mass is 10.1. The Morgan fingerprint density at radius 1 is 1.00 bits per heavy atom. The predicted octanol–water partition coefficient (Wildman–Crippen LogP) is 3.54. The van der Waals surface area contributed by atoms with Gasteiger partial charge in [-0.15, -0.1) is 0 Å². The Hall–Kier alpha value is -3.67. The topological polar surface area (TPSA) is 82.7 Å². The number of hydrogen-bond donors (Lipinski definition) is 3. The van der Waals surface area contributed by atoms with Gasteiger partial charge >= 0.3 is 0 Å². The van der Waals surface area contributed by atoms with E-state index in [1.54, 1.807) is 18.5 Å². The van der Waals surface area contributed by atoms with Gasteiger partial charge in [-0.3, -0.25) is 9.78 Å². The third-order valence-electron chi connectivity index (χ3n) is 4.55. The molecule has 28 heavy (non-hydrogen) atoms. The molecule has 0 saturated heterocycles. The summed E-state index contributed by atoms with van der Waals surface area (Å²) in [7, 11) is 0. The number of amides is 1. The van der Waals surface area contributed by atoms with E-state index >= 15 is 0 Å². The minimum Gasteiger partial charge on any atom is -0.378 e. The molecule has 1 amide bonds. The normalized spacial score (nSPS) is 10.7. The number of rotatable bonds is 7. The first-order chi connectivity index (χ1) is 13.8. The molecule has 0 fully saturated rings. The zero-order chi connectivity index (χ0) is 19.2. The van der Waals surface area contributed by atoms with Gasteiger partial charge in [0.2, 0.25) is 0 Å². The molecule has 3 aromatic heterocycles. The number of anilines is 1. The highest BCUT2D eigenvalue weighted by atomic mass is 16.1. The van der Waals surface area contributed by atoms with E-state index in [1.807, 2.05) is 48.7 Å². The Morgan fingerprint density at radius 3 is 2.71 bits per heavy atom. The second kappa shape index (κ2) is 8.35. The summed E-state index contributed by atoms with van der Waals surface area (Å²) in [6, 6.07) is 17.5. The van der Waals surface area contributed by atoms with E-state index in [9.17, 15) is 4.79 Å². The molecule has 0 aliphatic carbocycles. The number of H-pyrrole nitrogens is 1. The van der Waals surface area contributed by atoms with Crippen LogP contribution in [0.15, 0.2) is 73.2 Å². The van der Waals surface area contributed by atoms with Crippen LogP contribution in [0.3, 0.4) is 0 Å². The second-order valence-electron chi connectivity index (χ2n) is 6.47. The number of nitrogens with zero attached hydrogens (tertiary/aromatic N) is 2. The van der Waals surface area contributed by atoms with Crippen molar-refractivity contribution in [2.75, 3.05) is 11.9 Å². The van der Waals surface area contributed by atoms with Crippen LogP contribution < -0.4 is 10.6 Å². The maximum Gasteiger partial charge on any atom is 0.269 e. The van der Waals surface area contributed by atoms with Gasteiger partial charge in [-0.2, -0.15) is 0 Å². The average molecular weight is 371 g/mol. The predicted molar refractivity (Wildman–Crippen MR) is 110 cm³/mol. The molecule has 4 rings (SSSR count). The summed E-state index contributed by atoms with van der Waals surface area (Å²) in [5.74, 6) is -0.170. The molecule has 6 nitrogen and oxygen atoms in total. The van der Waals surface area contributed by atoms with Gasteiger partial charge in [0.15, 0.2) is 0 Å². The van der Waals surface area contributed by atoms with Crippen molar-refractivity contribution >= 4 is 22.5 Å². The van der Waals surface area contributed by atoms with E-state index in [1.165, 1.54) is 10.9 Å². The van der Waals surface area contributed by atoms with Gasteiger partial charge < -0.3 is 15.6 Å². The highest BCUT2D eigenvalue weighted by Gasteiger charge is 2.08. The lowest BCUT2D eigenvalue weighted by molar-refractivity contribution is 0.0949. The van der Waals surface area contributed by atoms with Crippen molar-refractivity contribution in [3.8, 4) is 0 Å². The van der Waals surface area contributed by atoms with Crippen molar-refractivity contribution in [1.82, 2.24) is 20.3 Å². The quantitative estimate of drug-likeness (QED) is 0.464. The molecule has 0 radical (unpaired) electrons. The lowest BCUT2D eigenvalue weighted by Gasteiger charge is -2.07. The summed E-state index contributed by atoms with van der Waals surface area (Å²) in [4.78, 5) is 24.1. The number of hydrogen-bond acceptors (Lipinski definition) is 4. The van der Waals surface area contributed by atoms with Crippen LogP contribution >= 0.6 is 0 Å². The van der Waals surface area contributed by atoms with Gasteiger partial charge in [0, 0.05) is 29.8 Å². The second-order valence-corrected chi connectivity index (χ2v) is 6.47. The van der Waals surface area contributed by atoms with Crippen molar-refractivity contribution in [3.63, 3.8) is 0 Å². The number of nitrogens with one attached hydrogen (secondary N) is 3. The number of para-hydroxylation sites is 1.